The summed E-state index contributed by atoms with van der Waals surface area (Å²) < 4.78 is 5.20. The van der Waals surface area contributed by atoms with Crippen LogP contribution in [-0.2, 0) is 17.6 Å². The lowest BCUT2D eigenvalue weighted by Gasteiger charge is -2.28. The van der Waals surface area contributed by atoms with Gasteiger partial charge >= 0.3 is 0 Å². The summed E-state index contributed by atoms with van der Waals surface area (Å²) in [5.41, 5.74) is 3.22. The molecular formula is C24H31N3O3. The molecule has 2 atom stereocenters. The van der Waals surface area contributed by atoms with Gasteiger partial charge in [-0.3, -0.25) is 4.79 Å². The standard InChI is InChI=1S/C24H31N3O3/c1-30-23-10-6-9-20(26-23)24(29)21(16-27-11-4-5-12-27)25-22(28)15-17-13-18-7-2-3-8-19(18)14-17/h2-3,6-10,17,21,24,29H,4-5,11-16H2,1H3,(H,25,28). The Hall–Kier alpha value is -2.44. The van der Waals surface area contributed by atoms with E-state index in [1.807, 2.05) is 6.07 Å². The van der Waals surface area contributed by atoms with Gasteiger partial charge in [0.2, 0.25) is 11.8 Å². The molecule has 0 spiro atoms. The van der Waals surface area contributed by atoms with Gasteiger partial charge in [0, 0.05) is 19.0 Å². The zero-order chi connectivity index (χ0) is 20.9. The molecule has 2 heterocycles. The van der Waals surface area contributed by atoms with E-state index in [2.05, 4.69) is 39.5 Å². The smallest absolute Gasteiger partial charge is 0.220 e. The van der Waals surface area contributed by atoms with Gasteiger partial charge in [-0.2, -0.15) is 0 Å². The molecule has 160 valence electrons. The molecular weight excluding hydrogens is 378 g/mol. The van der Waals surface area contributed by atoms with Gasteiger partial charge in [0.05, 0.1) is 18.8 Å². The number of aliphatic hydroxyl groups is 1. The SMILES string of the molecule is COc1cccc(C(O)C(CN2CCCC2)NC(=O)CC2Cc3ccccc3C2)n1. The molecule has 4 rings (SSSR count). The monoisotopic (exact) mass is 409 g/mol. The molecule has 0 radical (unpaired) electrons. The van der Waals surface area contributed by atoms with Crippen molar-refractivity contribution in [2.24, 2.45) is 5.92 Å². The average Bonchev–Trinajstić information content (AvgIpc) is 3.41. The van der Waals surface area contributed by atoms with Crippen LogP contribution in [0.2, 0.25) is 0 Å². The van der Waals surface area contributed by atoms with E-state index in [1.54, 1.807) is 19.2 Å². The number of nitrogens with zero attached hydrogens (tertiary/aromatic N) is 2. The van der Waals surface area contributed by atoms with E-state index in [-0.39, 0.29) is 5.91 Å². The number of nitrogens with one attached hydrogen (secondary N) is 1. The molecule has 0 bridgehead atoms. The largest absolute Gasteiger partial charge is 0.481 e. The minimum absolute atomic E-state index is 0.000973. The topological polar surface area (TPSA) is 74.7 Å². The Balaban J connectivity index is 1.42. The van der Waals surface area contributed by atoms with Crippen molar-refractivity contribution in [1.29, 1.82) is 0 Å². The summed E-state index contributed by atoms with van der Waals surface area (Å²) in [5, 5.41) is 14.2. The van der Waals surface area contributed by atoms with E-state index >= 15 is 0 Å². The molecule has 6 nitrogen and oxygen atoms in total. The summed E-state index contributed by atoms with van der Waals surface area (Å²) in [6.45, 7) is 2.63. The molecule has 1 saturated heterocycles. The van der Waals surface area contributed by atoms with Crippen molar-refractivity contribution >= 4 is 5.91 Å². The van der Waals surface area contributed by atoms with Gasteiger partial charge in [-0.15, -0.1) is 0 Å². The first-order valence-electron chi connectivity index (χ1n) is 10.9. The molecule has 2 unspecified atom stereocenters. The number of aliphatic hydroxyl groups excluding tert-OH is 1. The van der Waals surface area contributed by atoms with Gasteiger partial charge in [0.25, 0.3) is 0 Å². The summed E-state index contributed by atoms with van der Waals surface area (Å²) in [5.74, 6) is 0.780. The summed E-state index contributed by atoms with van der Waals surface area (Å²) >= 11 is 0. The molecule has 1 aromatic heterocycles. The first kappa shape index (κ1) is 20.8. The Morgan fingerprint density at radius 3 is 2.53 bits per heavy atom. The van der Waals surface area contributed by atoms with Crippen molar-refractivity contribution in [2.75, 3.05) is 26.7 Å². The van der Waals surface area contributed by atoms with Crippen molar-refractivity contribution in [3.8, 4) is 5.88 Å². The number of benzene rings is 1. The Kier molecular flexibility index (Phi) is 6.65. The van der Waals surface area contributed by atoms with E-state index in [0.29, 0.717) is 30.5 Å². The highest BCUT2D eigenvalue weighted by atomic mass is 16.5. The summed E-state index contributed by atoms with van der Waals surface area (Å²) in [6, 6.07) is 13.4. The number of methoxy groups -OCH3 is 1. The number of carbonyl (C=O) groups excluding carboxylic acids is 1. The van der Waals surface area contributed by atoms with E-state index in [9.17, 15) is 9.90 Å². The van der Waals surface area contributed by atoms with Crippen LogP contribution in [0.5, 0.6) is 5.88 Å². The third kappa shape index (κ3) is 4.99. The summed E-state index contributed by atoms with van der Waals surface area (Å²) in [4.78, 5) is 19.6. The van der Waals surface area contributed by atoms with Crippen LogP contribution in [0.15, 0.2) is 42.5 Å². The van der Waals surface area contributed by atoms with Crippen molar-refractivity contribution in [3.63, 3.8) is 0 Å². The van der Waals surface area contributed by atoms with E-state index in [0.717, 1.165) is 38.8 Å². The van der Waals surface area contributed by atoms with E-state index in [1.165, 1.54) is 11.1 Å². The second kappa shape index (κ2) is 9.58. The second-order valence-electron chi connectivity index (χ2n) is 8.48. The average molecular weight is 410 g/mol. The molecule has 1 fully saturated rings. The minimum atomic E-state index is -0.884. The van der Waals surface area contributed by atoms with Gasteiger partial charge < -0.3 is 20.1 Å². The number of pyridine rings is 1. The number of amides is 1. The molecule has 1 aliphatic carbocycles. The third-order valence-corrected chi connectivity index (χ3v) is 6.25. The number of fused-ring (bicyclic) bond motifs is 1. The maximum Gasteiger partial charge on any atom is 0.220 e. The number of hydrogen-bond donors (Lipinski definition) is 2. The van der Waals surface area contributed by atoms with Crippen LogP contribution < -0.4 is 10.1 Å². The maximum atomic E-state index is 12.9. The second-order valence-corrected chi connectivity index (χ2v) is 8.48. The van der Waals surface area contributed by atoms with E-state index < -0.39 is 12.1 Å². The quantitative estimate of drug-likeness (QED) is 0.701. The molecule has 0 saturated carbocycles. The fourth-order valence-corrected chi connectivity index (χ4v) is 4.71. The molecule has 2 aromatic rings. The normalized spacial score (nSPS) is 18.7. The van der Waals surface area contributed by atoms with Crippen molar-refractivity contribution < 1.29 is 14.6 Å². The molecule has 6 heteroatoms. The zero-order valence-corrected chi connectivity index (χ0v) is 17.6. The predicted molar refractivity (Wildman–Crippen MR) is 115 cm³/mol. The lowest BCUT2D eigenvalue weighted by Crippen LogP contribution is -2.47. The molecule has 1 aliphatic heterocycles. The van der Waals surface area contributed by atoms with Crippen molar-refractivity contribution in [3.05, 3.63) is 59.3 Å². The van der Waals surface area contributed by atoms with Crippen LogP contribution >= 0.6 is 0 Å². The fraction of sp³-hybridized carbons (Fsp3) is 0.500. The van der Waals surface area contributed by atoms with Gasteiger partial charge in [-0.05, 0) is 61.9 Å². The highest BCUT2D eigenvalue weighted by molar-refractivity contribution is 5.76. The Morgan fingerprint density at radius 1 is 1.17 bits per heavy atom. The van der Waals surface area contributed by atoms with Gasteiger partial charge in [0.15, 0.2) is 0 Å². The molecule has 1 aromatic carbocycles. The Morgan fingerprint density at radius 2 is 1.87 bits per heavy atom. The van der Waals surface area contributed by atoms with Crippen molar-refractivity contribution in [1.82, 2.24) is 15.2 Å². The highest BCUT2D eigenvalue weighted by Gasteiger charge is 2.29. The van der Waals surface area contributed by atoms with Crippen LogP contribution in [0.3, 0.4) is 0 Å². The minimum Gasteiger partial charge on any atom is -0.481 e. The van der Waals surface area contributed by atoms with Crippen LogP contribution in [0.1, 0.15) is 42.2 Å². The van der Waals surface area contributed by atoms with Crippen molar-refractivity contribution in [2.45, 2.75) is 44.2 Å². The number of likely N-dealkylation sites (tertiary alicyclic amines) is 1. The van der Waals surface area contributed by atoms with Crippen LogP contribution in [0.4, 0.5) is 0 Å². The third-order valence-electron chi connectivity index (χ3n) is 6.25. The zero-order valence-electron chi connectivity index (χ0n) is 17.6. The van der Waals surface area contributed by atoms with Crippen LogP contribution in [0.25, 0.3) is 0 Å². The number of ether oxygens (including phenoxy) is 1. The van der Waals surface area contributed by atoms with Gasteiger partial charge in [-0.25, -0.2) is 4.98 Å². The number of rotatable bonds is 8. The first-order valence-corrected chi connectivity index (χ1v) is 10.9. The maximum absolute atomic E-state index is 12.9. The van der Waals surface area contributed by atoms with Crippen LogP contribution in [-0.4, -0.2) is 53.7 Å². The number of carbonyl (C=O) groups is 1. The molecule has 2 aliphatic rings. The number of hydrogen-bond acceptors (Lipinski definition) is 5. The molecule has 30 heavy (non-hydrogen) atoms. The number of aromatic nitrogens is 1. The summed E-state index contributed by atoms with van der Waals surface area (Å²) in [6.07, 6.45) is 3.80. The highest BCUT2D eigenvalue weighted by Crippen LogP contribution is 2.29. The fourth-order valence-electron chi connectivity index (χ4n) is 4.71. The lowest BCUT2D eigenvalue weighted by molar-refractivity contribution is -0.123. The molecule has 1 amide bonds. The molecule has 2 N–H and O–H groups in total. The Labute approximate surface area is 178 Å². The summed E-state index contributed by atoms with van der Waals surface area (Å²) in [7, 11) is 1.56. The Bertz CT molecular complexity index is 841. The van der Waals surface area contributed by atoms with Gasteiger partial charge in [-0.1, -0.05) is 30.3 Å². The van der Waals surface area contributed by atoms with Crippen LogP contribution in [0, 0.1) is 5.92 Å². The van der Waals surface area contributed by atoms with Gasteiger partial charge in [0.1, 0.15) is 6.10 Å². The predicted octanol–water partition coefficient (Wildman–Crippen LogP) is 2.51. The lowest BCUT2D eigenvalue weighted by atomic mass is 10.0. The first-order chi connectivity index (χ1) is 14.6. The van der Waals surface area contributed by atoms with E-state index in [4.69, 9.17) is 4.74 Å².